The van der Waals surface area contributed by atoms with Gasteiger partial charge < -0.3 is 15.5 Å². The molecular weight excluding hydrogens is 425 g/mol. The van der Waals surface area contributed by atoms with Gasteiger partial charge in [0.05, 0.1) is 0 Å². The molecule has 1 aliphatic heterocycles. The van der Waals surface area contributed by atoms with Crippen LogP contribution in [0.15, 0.2) is 29.4 Å². The van der Waals surface area contributed by atoms with Gasteiger partial charge in [0, 0.05) is 38.4 Å². The monoisotopic (exact) mass is 457 g/mol. The molecule has 1 aromatic rings. The first-order valence-electron chi connectivity index (χ1n) is 9.56. The standard InChI is InChI=1S/C19H31N5.HI/c1-2-20-19(22-13-5-6-16-8-9-16)23-17-10-14-24(15-11-17)18-7-3-4-12-21-18;/h3-4,7,12,16-17H,2,5-6,8-11,13-15H2,1H3,(H2,20,22,23);1H. The number of hydrogen-bond acceptors (Lipinski definition) is 3. The van der Waals surface area contributed by atoms with E-state index in [1.165, 1.54) is 25.7 Å². The van der Waals surface area contributed by atoms with E-state index >= 15 is 0 Å². The summed E-state index contributed by atoms with van der Waals surface area (Å²) in [5.74, 6) is 3.09. The van der Waals surface area contributed by atoms with Gasteiger partial charge in [-0.2, -0.15) is 0 Å². The number of aromatic nitrogens is 1. The Morgan fingerprint density at radius 1 is 1.24 bits per heavy atom. The maximum absolute atomic E-state index is 4.75. The molecule has 0 spiro atoms. The lowest BCUT2D eigenvalue weighted by atomic mass is 10.1. The average Bonchev–Trinajstić information content (AvgIpc) is 3.45. The van der Waals surface area contributed by atoms with E-state index < -0.39 is 0 Å². The van der Waals surface area contributed by atoms with Crippen LogP contribution in [0.3, 0.4) is 0 Å². The van der Waals surface area contributed by atoms with E-state index in [9.17, 15) is 0 Å². The molecule has 3 rings (SSSR count). The summed E-state index contributed by atoms with van der Waals surface area (Å²) in [6.07, 6.45) is 9.59. The number of pyridine rings is 1. The first-order valence-corrected chi connectivity index (χ1v) is 9.56. The average molecular weight is 457 g/mol. The van der Waals surface area contributed by atoms with Crippen molar-refractivity contribution in [2.75, 3.05) is 31.1 Å². The highest BCUT2D eigenvalue weighted by Gasteiger charge is 2.21. The van der Waals surface area contributed by atoms with Crippen LogP contribution in [0.5, 0.6) is 0 Å². The summed E-state index contributed by atoms with van der Waals surface area (Å²) in [6, 6.07) is 6.63. The molecule has 0 amide bonds. The zero-order chi connectivity index (χ0) is 16.6. The lowest BCUT2D eigenvalue weighted by Crippen LogP contribution is -2.49. The molecule has 1 saturated carbocycles. The van der Waals surface area contributed by atoms with Gasteiger partial charge in [-0.1, -0.05) is 18.9 Å². The molecule has 0 aromatic carbocycles. The maximum atomic E-state index is 4.75. The van der Waals surface area contributed by atoms with Crippen molar-refractivity contribution < 1.29 is 0 Å². The Balaban J connectivity index is 0.00000225. The number of halogens is 1. The van der Waals surface area contributed by atoms with Gasteiger partial charge in [0.2, 0.25) is 0 Å². The Hall–Kier alpha value is -1.05. The smallest absolute Gasteiger partial charge is 0.191 e. The van der Waals surface area contributed by atoms with Crippen LogP contribution in [0.2, 0.25) is 0 Å². The fourth-order valence-electron chi connectivity index (χ4n) is 3.28. The Morgan fingerprint density at radius 3 is 2.68 bits per heavy atom. The fourth-order valence-corrected chi connectivity index (χ4v) is 3.28. The van der Waals surface area contributed by atoms with Gasteiger partial charge in [0.1, 0.15) is 5.82 Å². The normalized spacial score (nSPS) is 18.6. The fraction of sp³-hybridized carbons (Fsp3) is 0.684. The van der Waals surface area contributed by atoms with E-state index in [2.05, 4.69) is 39.6 Å². The molecule has 5 nitrogen and oxygen atoms in total. The van der Waals surface area contributed by atoms with Crippen molar-refractivity contribution in [1.29, 1.82) is 0 Å². The van der Waals surface area contributed by atoms with Crippen LogP contribution < -0.4 is 15.5 Å². The number of aliphatic imine (C=N–C) groups is 1. The number of guanidine groups is 1. The second-order valence-electron chi connectivity index (χ2n) is 6.94. The highest BCUT2D eigenvalue weighted by atomic mass is 127. The zero-order valence-electron chi connectivity index (χ0n) is 15.3. The molecule has 1 aromatic heterocycles. The van der Waals surface area contributed by atoms with E-state index in [-0.39, 0.29) is 24.0 Å². The van der Waals surface area contributed by atoms with Crippen molar-refractivity contribution in [1.82, 2.24) is 15.6 Å². The molecular formula is C19H32IN5. The van der Waals surface area contributed by atoms with Crippen LogP contribution in [0, 0.1) is 5.92 Å². The van der Waals surface area contributed by atoms with Crippen LogP contribution >= 0.6 is 24.0 Å². The molecule has 2 N–H and O–H groups in total. The molecule has 2 aliphatic rings. The van der Waals surface area contributed by atoms with E-state index in [0.29, 0.717) is 6.04 Å². The first-order chi connectivity index (χ1) is 11.8. The second kappa shape index (κ2) is 10.8. The molecule has 140 valence electrons. The third kappa shape index (κ3) is 6.99. The largest absolute Gasteiger partial charge is 0.357 e. The predicted octanol–water partition coefficient (Wildman–Crippen LogP) is 3.41. The minimum absolute atomic E-state index is 0. The van der Waals surface area contributed by atoms with Gasteiger partial charge in [-0.15, -0.1) is 24.0 Å². The Morgan fingerprint density at radius 2 is 2.04 bits per heavy atom. The van der Waals surface area contributed by atoms with E-state index in [0.717, 1.165) is 56.7 Å². The van der Waals surface area contributed by atoms with Crippen LogP contribution in [0.25, 0.3) is 0 Å². The summed E-state index contributed by atoms with van der Waals surface area (Å²) in [6.45, 7) is 6.09. The Bertz CT molecular complexity index is 510. The molecule has 25 heavy (non-hydrogen) atoms. The lowest BCUT2D eigenvalue weighted by molar-refractivity contribution is 0.459. The summed E-state index contributed by atoms with van der Waals surface area (Å²) in [7, 11) is 0. The van der Waals surface area contributed by atoms with Gasteiger partial charge >= 0.3 is 0 Å². The van der Waals surface area contributed by atoms with Crippen LogP contribution in [0.1, 0.15) is 45.4 Å². The number of anilines is 1. The Kier molecular flexibility index (Phi) is 8.78. The molecule has 0 radical (unpaired) electrons. The third-order valence-electron chi connectivity index (χ3n) is 4.89. The predicted molar refractivity (Wildman–Crippen MR) is 116 cm³/mol. The van der Waals surface area contributed by atoms with Gasteiger partial charge in [-0.3, -0.25) is 4.99 Å². The topological polar surface area (TPSA) is 52.6 Å². The SMILES string of the molecule is CCNC(=NCCCC1CC1)NC1CCN(c2ccccn2)CC1.I. The van der Waals surface area contributed by atoms with Crippen molar-refractivity contribution in [3.8, 4) is 0 Å². The van der Waals surface area contributed by atoms with E-state index in [1.807, 2.05) is 12.3 Å². The molecule has 0 unspecified atom stereocenters. The van der Waals surface area contributed by atoms with Crippen molar-refractivity contribution in [2.24, 2.45) is 10.9 Å². The molecule has 1 saturated heterocycles. The highest BCUT2D eigenvalue weighted by Crippen LogP contribution is 2.33. The number of rotatable bonds is 7. The van der Waals surface area contributed by atoms with Gasteiger partial charge in [-0.05, 0) is 50.7 Å². The Labute approximate surface area is 169 Å². The second-order valence-corrected chi connectivity index (χ2v) is 6.94. The van der Waals surface area contributed by atoms with Crippen molar-refractivity contribution in [3.05, 3.63) is 24.4 Å². The van der Waals surface area contributed by atoms with Gasteiger partial charge in [0.15, 0.2) is 5.96 Å². The van der Waals surface area contributed by atoms with Crippen LogP contribution in [0.4, 0.5) is 5.82 Å². The molecule has 0 bridgehead atoms. The van der Waals surface area contributed by atoms with Gasteiger partial charge in [0.25, 0.3) is 0 Å². The third-order valence-corrected chi connectivity index (χ3v) is 4.89. The van der Waals surface area contributed by atoms with E-state index in [4.69, 9.17) is 4.99 Å². The maximum Gasteiger partial charge on any atom is 0.191 e. The summed E-state index contributed by atoms with van der Waals surface area (Å²) in [5, 5.41) is 7.01. The molecule has 1 aliphatic carbocycles. The van der Waals surface area contributed by atoms with Crippen LogP contribution in [-0.4, -0.2) is 43.2 Å². The molecule has 2 fully saturated rings. The van der Waals surface area contributed by atoms with E-state index in [1.54, 1.807) is 0 Å². The number of piperidine rings is 1. The number of hydrogen-bond donors (Lipinski definition) is 2. The lowest BCUT2D eigenvalue weighted by Gasteiger charge is -2.33. The number of nitrogens with one attached hydrogen (secondary N) is 2. The first kappa shape index (κ1) is 20.3. The van der Waals surface area contributed by atoms with Crippen LogP contribution in [-0.2, 0) is 0 Å². The number of nitrogens with zero attached hydrogens (tertiary/aromatic N) is 3. The highest BCUT2D eigenvalue weighted by molar-refractivity contribution is 14.0. The minimum atomic E-state index is 0. The minimum Gasteiger partial charge on any atom is -0.357 e. The quantitative estimate of drug-likeness (QED) is 0.285. The summed E-state index contributed by atoms with van der Waals surface area (Å²) < 4.78 is 0. The van der Waals surface area contributed by atoms with Crippen molar-refractivity contribution in [3.63, 3.8) is 0 Å². The molecule has 2 heterocycles. The zero-order valence-corrected chi connectivity index (χ0v) is 17.6. The van der Waals surface area contributed by atoms with Crippen molar-refractivity contribution >= 4 is 35.8 Å². The summed E-state index contributed by atoms with van der Waals surface area (Å²) in [5.41, 5.74) is 0. The summed E-state index contributed by atoms with van der Waals surface area (Å²) >= 11 is 0. The molecule has 6 heteroatoms. The van der Waals surface area contributed by atoms with Gasteiger partial charge in [-0.25, -0.2) is 4.98 Å². The summed E-state index contributed by atoms with van der Waals surface area (Å²) in [4.78, 5) is 11.6. The molecule has 0 atom stereocenters. The van der Waals surface area contributed by atoms with Crippen molar-refractivity contribution in [2.45, 2.75) is 51.5 Å².